The third kappa shape index (κ3) is 5.04. The molecule has 1 fully saturated rings. The van der Waals surface area contributed by atoms with Gasteiger partial charge in [0, 0.05) is 18.2 Å². The molecule has 1 heterocycles. The highest BCUT2D eigenvalue weighted by atomic mass is 35.5. The summed E-state index contributed by atoms with van der Waals surface area (Å²) in [5.41, 5.74) is 1.10. The smallest absolute Gasteiger partial charge is 0.251 e. The lowest BCUT2D eigenvalue weighted by Gasteiger charge is -2.12. The van der Waals surface area contributed by atoms with E-state index in [-0.39, 0.29) is 35.0 Å². The number of carbonyl (C=O) groups is 1. The zero-order valence-electron chi connectivity index (χ0n) is 13.6. The van der Waals surface area contributed by atoms with E-state index >= 15 is 0 Å². The van der Waals surface area contributed by atoms with Crippen LogP contribution in [0, 0.1) is 0 Å². The van der Waals surface area contributed by atoms with E-state index in [0.29, 0.717) is 5.56 Å². The van der Waals surface area contributed by atoms with E-state index in [4.69, 9.17) is 0 Å². The van der Waals surface area contributed by atoms with Crippen LogP contribution in [0.4, 0.5) is 0 Å². The number of hydrogen-bond acceptors (Lipinski definition) is 4. The van der Waals surface area contributed by atoms with E-state index in [9.17, 15) is 13.2 Å². The fourth-order valence-corrected chi connectivity index (χ4v) is 4.14. The largest absolute Gasteiger partial charge is 0.348 e. The van der Waals surface area contributed by atoms with Crippen molar-refractivity contribution in [2.45, 2.75) is 23.1 Å². The molecule has 134 valence electrons. The van der Waals surface area contributed by atoms with Crippen LogP contribution in [0.1, 0.15) is 22.3 Å². The van der Waals surface area contributed by atoms with E-state index in [1.807, 2.05) is 18.2 Å². The Bertz CT molecular complexity index is 819. The van der Waals surface area contributed by atoms with Gasteiger partial charge in [0.15, 0.2) is 9.84 Å². The number of sulfone groups is 1. The summed E-state index contributed by atoms with van der Waals surface area (Å²) in [6, 6.07) is 15.4. The Morgan fingerprint density at radius 2 is 1.88 bits per heavy atom. The van der Waals surface area contributed by atoms with Crippen molar-refractivity contribution in [3.8, 4) is 0 Å². The molecule has 1 aliphatic heterocycles. The van der Waals surface area contributed by atoms with Gasteiger partial charge in [-0.2, -0.15) is 0 Å². The summed E-state index contributed by atoms with van der Waals surface area (Å²) in [6.45, 7) is 1.63. The van der Waals surface area contributed by atoms with Crippen LogP contribution in [-0.2, 0) is 15.6 Å². The standard InChI is InChI=1S/C18H20N2O3S.ClH/c21-18(20-16-9-10-19-12-16)15-7-4-8-17(11-15)24(22,23)13-14-5-2-1-3-6-14;/h1-8,11,16,19H,9-10,12-13H2,(H,20,21);1H. The Labute approximate surface area is 154 Å². The first-order valence-corrected chi connectivity index (χ1v) is 9.58. The van der Waals surface area contributed by atoms with Gasteiger partial charge < -0.3 is 10.6 Å². The summed E-state index contributed by atoms with van der Waals surface area (Å²) in [4.78, 5) is 12.5. The van der Waals surface area contributed by atoms with Crippen LogP contribution in [0.2, 0.25) is 0 Å². The molecule has 2 N–H and O–H groups in total. The van der Waals surface area contributed by atoms with Gasteiger partial charge in [-0.1, -0.05) is 36.4 Å². The minimum atomic E-state index is -3.49. The van der Waals surface area contributed by atoms with Crippen molar-refractivity contribution in [1.29, 1.82) is 0 Å². The predicted molar refractivity (Wildman–Crippen MR) is 99.8 cm³/mol. The summed E-state index contributed by atoms with van der Waals surface area (Å²) < 4.78 is 25.2. The minimum Gasteiger partial charge on any atom is -0.348 e. The second-order valence-electron chi connectivity index (χ2n) is 5.94. The quantitative estimate of drug-likeness (QED) is 0.833. The predicted octanol–water partition coefficient (Wildman–Crippen LogP) is 2.17. The molecule has 0 spiro atoms. The molecule has 0 aliphatic carbocycles. The van der Waals surface area contributed by atoms with Gasteiger partial charge in [0.1, 0.15) is 0 Å². The molecule has 7 heteroatoms. The van der Waals surface area contributed by atoms with Gasteiger partial charge in [-0.15, -0.1) is 12.4 Å². The average Bonchev–Trinajstić information content (AvgIpc) is 3.08. The maximum atomic E-state index is 12.6. The summed E-state index contributed by atoms with van der Waals surface area (Å²) in [6.07, 6.45) is 0.887. The fourth-order valence-electron chi connectivity index (χ4n) is 2.75. The molecular weight excluding hydrogens is 360 g/mol. The first kappa shape index (κ1) is 19.4. The van der Waals surface area contributed by atoms with Crippen LogP contribution >= 0.6 is 12.4 Å². The Kier molecular flexibility index (Phi) is 6.58. The van der Waals surface area contributed by atoms with Crippen LogP contribution < -0.4 is 10.6 Å². The van der Waals surface area contributed by atoms with Gasteiger partial charge in [-0.25, -0.2) is 8.42 Å². The summed E-state index contributed by atoms with van der Waals surface area (Å²) in [7, 11) is -3.49. The van der Waals surface area contributed by atoms with Crippen LogP contribution in [0.5, 0.6) is 0 Å². The van der Waals surface area contributed by atoms with Gasteiger partial charge >= 0.3 is 0 Å². The minimum absolute atomic E-state index is 0. The molecule has 1 aliphatic rings. The molecule has 0 bridgehead atoms. The SMILES string of the molecule is Cl.O=C(NC1CCNC1)c1cccc(S(=O)(=O)Cc2ccccc2)c1. The van der Waals surface area contributed by atoms with Gasteiger partial charge in [0.25, 0.3) is 5.91 Å². The number of hydrogen-bond donors (Lipinski definition) is 2. The topological polar surface area (TPSA) is 75.3 Å². The Morgan fingerprint density at radius 1 is 1.12 bits per heavy atom. The molecule has 2 aromatic rings. The third-order valence-corrected chi connectivity index (χ3v) is 5.74. The molecule has 1 saturated heterocycles. The lowest BCUT2D eigenvalue weighted by molar-refractivity contribution is 0.0940. The summed E-state index contributed by atoms with van der Waals surface area (Å²) in [5, 5.41) is 6.11. The molecule has 0 radical (unpaired) electrons. The normalized spacial score (nSPS) is 16.9. The van der Waals surface area contributed by atoms with Crippen molar-refractivity contribution < 1.29 is 13.2 Å². The van der Waals surface area contributed by atoms with E-state index in [2.05, 4.69) is 10.6 Å². The summed E-state index contributed by atoms with van der Waals surface area (Å²) >= 11 is 0. The molecular formula is C18H21ClN2O3S. The lowest BCUT2D eigenvalue weighted by Crippen LogP contribution is -2.36. The second-order valence-corrected chi connectivity index (χ2v) is 7.93. The van der Waals surface area contributed by atoms with Crippen LogP contribution in [0.15, 0.2) is 59.5 Å². The van der Waals surface area contributed by atoms with Gasteiger partial charge in [-0.05, 0) is 36.7 Å². The van der Waals surface area contributed by atoms with Crippen LogP contribution in [0.25, 0.3) is 0 Å². The van der Waals surface area contributed by atoms with Crippen molar-refractivity contribution in [2.75, 3.05) is 13.1 Å². The van der Waals surface area contributed by atoms with Gasteiger partial charge in [0.2, 0.25) is 0 Å². The number of halogens is 1. The zero-order valence-corrected chi connectivity index (χ0v) is 15.3. The van der Waals surface area contributed by atoms with Crippen molar-refractivity contribution in [1.82, 2.24) is 10.6 Å². The third-order valence-electron chi connectivity index (χ3n) is 4.05. The van der Waals surface area contributed by atoms with Crippen molar-refractivity contribution in [3.05, 3.63) is 65.7 Å². The molecule has 1 amide bonds. The van der Waals surface area contributed by atoms with Crippen LogP contribution in [-0.4, -0.2) is 33.5 Å². The van der Waals surface area contributed by atoms with Crippen molar-refractivity contribution >= 4 is 28.2 Å². The Morgan fingerprint density at radius 3 is 2.56 bits per heavy atom. The van der Waals surface area contributed by atoms with E-state index in [1.165, 1.54) is 12.1 Å². The Balaban J connectivity index is 0.00000225. The van der Waals surface area contributed by atoms with E-state index in [1.54, 1.807) is 24.3 Å². The average molecular weight is 381 g/mol. The Hall–Kier alpha value is -1.89. The molecule has 1 unspecified atom stereocenters. The van der Waals surface area contributed by atoms with Crippen LogP contribution in [0.3, 0.4) is 0 Å². The molecule has 2 aromatic carbocycles. The highest BCUT2D eigenvalue weighted by molar-refractivity contribution is 7.90. The van der Waals surface area contributed by atoms with E-state index < -0.39 is 9.84 Å². The van der Waals surface area contributed by atoms with Gasteiger partial charge in [-0.3, -0.25) is 4.79 Å². The van der Waals surface area contributed by atoms with Crippen molar-refractivity contribution in [2.24, 2.45) is 0 Å². The summed E-state index contributed by atoms with van der Waals surface area (Å²) in [5.74, 6) is -0.314. The molecule has 1 atom stereocenters. The number of amides is 1. The fraction of sp³-hybridized carbons (Fsp3) is 0.278. The number of carbonyl (C=O) groups excluding carboxylic acids is 1. The molecule has 0 aromatic heterocycles. The highest BCUT2D eigenvalue weighted by Crippen LogP contribution is 2.18. The number of benzene rings is 2. The highest BCUT2D eigenvalue weighted by Gasteiger charge is 2.20. The first-order chi connectivity index (χ1) is 11.5. The molecule has 0 saturated carbocycles. The van der Waals surface area contributed by atoms with Gasteiger partial charge in [0.05, 0.1) is 10.6 Å². The van der Waals surface area contributed by atoms with E-state index in [0.717, 1.165) is 25.1 Å². The molecule has 5 nitrogen and oxygen atoms in total. The maximum absolute atomic E-state index is 12.6. The maximum Gasteiger partial charge on any atom is 0.251 e. The zero-order chi connectivity index (χ0) is 17.0. The monoisotopic (exact) mass is 380 g/mol. The van der Waals surface area contributed by atoms with Crippen molar-refractivity contribution in [3.63, 3.8) is 0 Å². The first-order valence-electron chi connectivity index (χ1n) is 7.93. The second kappa shape index (κ2) is 8.47. The molecule has 3 rings (SSSR count). The lowest BCUT2D eigenvalue weighted by atomic mass is 10.2. The molecule has 25 heavy (non-hydrogen) atoms. The number of rotatable bonds is 5. The number of nitrogens with one attached hydrogen (secondary N) is 2.